The van der Waals surface area contributed by atoms with E-state index in [9.17, 15) is 33.8 Å². The lowest BCUT2D eigenvalue weighted by molar-refractivity contribution is -0.236. The van der Waals surface area contributed by atoms with Gasteiger partial charge in [-0.15, -0.1) is 34.0 Å². The van der Waals surface area contributed by atoms with Crippen molar-refractivity contribution in [3.05, 3.63) is 359 Å². The van der Waals surface area contributed by atoms with Crippen LogP contribution in [0.15, 0.2) is 262 Å². The molecule has 0 spiro atoms. The van der Waals surface area contributed by atoms with Crippen molar-refractivity contribution in [1.29, 1.82) is 31.6 Å². The molecule has 3 aliphatic heterocycles. The quantitative estimate of drug-likeness (QED) is 0.0197. The van der Waals surface area contributed by atoms with E-state index in [4.69, 9.17) is 63.9 Å². The Morgan fingerprint density at radius 1 is 0.401 bits per heavy atom. The molecule has 6 aromatic carbocycles. The number of carbonyl (C=O) groups excluding carboxylic acids is 1. The molecular weight excluding hydrogens is 1840 g/mol. The van der Waals surface area contributed by atoms with Gasteiger partial charge in [0.15, 0.2) is 29.0 Å². The Balaban J connectivity index is 0.000000225. The van der Waals surface area contributed by atoms with Crippen molar-refractivity contribution in [1.82, 2.24) is 0 Å². The number of rotatable bonds is 41. The summed E-state index contributed by atoms with van der Waals surface area (Å²) >= 11 is 4.47. The number of alkyl halides is 3. The van der Waals surface area contributed by atoms with Crippen molar-refractivity contribution >= 4 is 106 Å². The lowest BCUT2D eigenvalue weighted by atomic mass is 9.94. The van der Waals surface area contributed by atoms with E-state index in [1.54, 1.807) is 50.3 Å². The molecule has 19 nitrogen and oxygen atoms in total. The molecule has 3 aliphatic rings. The third kappa shape index (κ3) is 30.8. The zero-order chi connectivity index (χ0) is 103. The van der Waals surface area contributed by atoms with Gasteiger partial charge in [0.25, 0.3) is 5.70 Å². The number of hydrogen-bond donors (Lipinski definition) is 0. The van der Waals surface area contributed by atoms with E-state index in [0.29, 0.717) is 30.3 Å². The Morgan fingerprint density at radius 2 is 0.718 bits per heavy atom. The van der Waals surface area contributed by atoms with Crippen LogP contribution in [0.3, 0.4) is 0 Å². The van der Waals surface area contributed by atoms with E-state index in [1.807, 2.05) is 153 Å². The van der Waals surface area contributed by atoms with Crippen LogP contribution in [0.5, 0.6) is 17.2 Å². The highest BCUT2D eigenvalue weighted by Gasteiger charge is 2.60. The summed E-state index contributed by atoms with van der Waals surface area (Å²) in [6.07, 6.45) is 28.4. The molecule has 728 valence electrons. The largest absolute Gasteiger partial charge is 0.505 e. The Morgan fingerprint density at radius 3 is 1.02 bits per heavy atom. The molecule has 0 fully saturated rings. The van der Waals surface area contributed by atoms with Crippen LogP contribution in [-0.4, -0.2) is 68.5 Å². The number of nitrogens with zero attached hydrogens (tertiary/aromatic N) is 12. The predicted molar refractivity (Wildman–Crippen MR) is 568 cm³/mol. The molecule has 6 heterocycles. The van der Waals surface area contributed by atoms with Crippen LogP contribution in [0.2, 0.25) is 0 Å². The molecule has 1 atom stereocenters. The fourth-order valence-corrected chi connectivity index (χ4v) is 17.4. The second-order valence-corrected chi connectivity index (χ2v) is 38.0. The molecule has 0 amide bonds. The summed E-state index contributed by atoms with van der Waals surface area (Å²) in [4.78, 5) is 33.8. The van der Waals surface area contributed by atoms with Gasteiger partial charge in [0.2, 0.25) is 17.0 Å². The van der Waals surface area contributed by atoms with Gasteiger partial charge in [0.1, 0.15) is 84.4 Å². The number of halogens is 3. The van der Waals surface area contributed by atoms with Crippen LogP contribution in [0.4, 0.5) is 30.2 Å². The van der Waals surface area contributed by atoms with Gasteiger partial charge in [-0.25, -0.2) is 19.8 Å². The summed E-state index contributed by atoms with van der Waals surface area (Å²) in [5.74, 6) is 1.98. The number of allylic oxidation sites excluding steroid dienone is 4. The molecule has 0 saturated heterocycles. The fourth-order valence-electron chi connectivity index (χ4n) is 15.1. The molecular formula is C117H119F3N12O7S3. The second kappa shape index (κ2) is 55.4. The average molecular weight is 1960 g/mol. The summed E-state index contributed by atoms with van der Waals surface area (Å²) in [6.45, 7) is 53.1. The van der Waals surface area contributed by atoms with Crippen LogP contribution < -0.4 is 28.9 Å². The standard InChI is InChI=1S/C39H37F3N4O2S.C39H40N4O2S.C28H33NO2S.C11H9N3O/c1-5-7-22-46(23-8-6-2)31-16-14-29(35(24-31)47-27-28-12-10-9-11-13-28)15-17-32-18-19-33(49-32)20-21-34-36(45-4)37(30(25-43)26-44)48-38(34,3)39(40,41)42;1-7-9-24-43(25-10-8-2)31-18-16-30(36(26-31)44-28-29-14-12-11-13-15-29)17-19-32-20-21-33(46-32)22-23-34-37(42-6)38(35(27-40)41-5)45-39(34,3)4;1-3-5-18-29(19-6-4-2)25-14-12-24(13-15-26-16-17-27(21-30)32-26)28(20-25)31-22-23-10-8-7-9-11-23;1-7-9(6-14)10(8(4-12)5-13)15-11(7,2)3/h9-21,24H,5-8,22-23,27H2,1-3H3;11-23,26H,7-10,24-25,28H2,1-4H3;7-17,20-21H,3-6,18-19,22H2,1-2H3;1-3H3/b17-15+,21-20+;19-17+,23-22+,38-35+;15-13+;. The van der Waals surface area contributed by atoms with Crippen LogP contribution >= 0.6 is 34.0 Å². The second-order valence-electron chi connectivity index (χ2n) is 34.6. The maximum Gasteiger partial charge on any atom is 0.430 e. The highest BCUT2D eigenvalue weighted by atomic mass is 32.1. The summed E-state index contributed by atoms with van der Waals surface area (Å²) in [5.41, 5.74) is 5.26. The molecule has 142 heavy (non-hydrogen) atoms. The minimum Gasteiger partial charge on any atom is -0.505 e. The van der Waals surface area contributed by atoms with Crippen molar-refractivity contribution in [3.63, 3.8) is 0 Å². The summed E-state index contributed by atoms with van der Waals surface area (Å²) in [5, 5.41) is 54.2. The zero-order valence-corrected chi connectivity index (χ0v) is 85.1. The summed E-state index contributed by atoms with van der Waals surface area (Å²) in [6, 6.07) is 71.6. The van der Waals surface area contributed by atoms with Gasteiger partial charge in [0, 0.05) is 127 Å². The lowest BCUT2D eigenvalue weighted by Gasteiger charge is -2.29. The molecule has 12 rings (SSSR count). The monoisotopic (exact) mass is 1960 g/mol. The zero-order valence-electron chi connectivity index (χ0n) is 82.6. The van der Waals surface area contributed by atoms with Crippen molar-refractivity contribution in [2.45, 2.75) is 203 Å². The first kappa shape index (κ1) is 110. The van der Waals surface area contributed by atoms with Crippen LogP contribution in [0.25, 0.3) is 63.1 Å². The topological polar surface area (TPSA) is 238 Å². The third-order valence-corrected chi connectivity index (χ3v) is 26.5. The molecule has 25 heteroatoms. The van der Waals surface area contributed by atoms with E-state index in [-0.39, 0.29) is 34.1 Å². The number of thiophene rings is 3. The maximum atomic E-state index is 14.2. The number of ether oxygens (including phenoxy) is 6. The van der Waals surface area contributed by atoms with Gasteiger partial charge in [-0.3, -0.25) is 4.79 Å². The number of anilines is 3. The average Bonchev–Trinajstić information content (AvgIpc) is 1.59. The Bertz CT molecular complexity index is 6540. The minimum atomic E-state index is -4.91. The number of hydrogen-bond acceptors (Lipinski definition) is 19. The summed E-state index contributed by atoms with van der Waals surface area (Å²) < 4.78 is 78.2. The predicted octanol–water partition coefficient (Wildman–Crippen LogP) is 31.0. The van der Waals surface area contributed by atoms with Crippen molar-refractivity contribution in [2.24, 2.45) is 0 Å². The molecule has 3 aromatic heterocycles. The van der Waals surface area contributed by atoms with Gasteiger partial charge in [0.05, 0.1) is 36.2 Å². The van der Waals surface area contributed by atoms with Crippen LogP contribution in [0.1, 0.15) is 228 Å². The molecule has 0 bridgehead atoms. The van der Waals surface area contributed by atoms with E-state index >= 15 is 0 Å². The van der Waals surface area contributed by atoms with E-state index in [2.05, 4.69) is 168 Å². The molecule has 0 aliphatic carbocycles. The fraction of sp³-hybridized carbons (Fsp3) is 0.316. The first-order valence-electron chi connectivity index (χ1n) is 47.6. The number of nitriles is 6. The van der Waals surface area contributed by atoms with Crippen LogP contribution in [-0.2, 0) is 34.0 Å². The van der Waals surface area contributed by atoms with Crippen molar-refractivity contribution in [2.75, 3.05) is 54.0 Å². The van der Waals surface area contributed by atoms with Crippen molar-refractivity contribution in [3.8, 4) is 53.7 Å². The molecule has 0 radical (unpaired) electrons. The van der Waals surface area contributed by atoms with Gasteiger partial charge >= 0.3 is 6.18 Å². The SMILES string of the molecule is CC1=C(C#N)C(=C(C#N)C#N)OC1(C)C.CCCCN(CCCC)c1ccc(/C=C/c2ccc(C=O)s2)c(OCc2ccccc2)c1.[C-]#[N+]C1=C(/C=C/c2ccc(/C=C/c3ccc(N(CCCC)CCCC)cc3OCc3ccccc3)s2)C(C)(C(F)(F)F)OC1=C(C#N)C#N.[C-]#[N+]C1=C(/C=C/c2ccc(/C=C/c3ccc(N(CCCC)CCCC)cc3OCc3ccccc3)s2)C(C)(C)O/C1=C(\C#N)[N+]#[C-]. The Kier molecular flexibility index (Phi) is 43.0. The Hall–Kier alpha value is -15.4. The van der Waals surface area contributed by atoms with E-state index in [0.717, 1.165) is 190 Å². The molecule has 0 saturated carbocycles. The first-order valence-corrected chi connectivity index (χ1v) is 50.0. The smallest absolute Gasteiger partial charge is 0.430 e. The number of unbranched alkanes of at least 4 members (excludes halogenated alkanes) is 6. The van der Waals surface area contributed by atoms with Gasteiger partial charge in [-0.2, -0.15) is 39.5 Å². The van der Waals surface area contributed by atoms with E-state index < -0.39 is 45.6 Å². The van der Waals surface area contributed by atoms with Crippen molar-refractivity contribution < 1.29 is 46.4 Å². The lowest BCUT2D eigenvalue weighted by Crippen LogP contribution is -2.43. The number of carbonyl (C=O) groups is 1. The maximum absolute atomic E-state index is 14.2. The molecule has 0 N–H and O–H groups in total. The first-order chi connectivity index (χ1) is 68.6. The summed E-state index contributed by atoms with van der Waals surface area (Å²) in [7, 11) is 0. The Labute approximate surface area is 847 Å². The van der Waals surface area contributed by atoms with Gasteiger partial charge in [-0.05, 0) is 224 Å². The minimum absolute atomic E-state index is 0.0575. The number of benzene rings is 6. The van der Waals surface area contributed by atoms with Gasteiger partial charge in [-0.1, -0.05) is 183 Å². The molecule has 9 aromatic rings. The highest BCUT2D eigenvalue weighted by molar-refractivity contribution is 7.14. The third-order valence-electron chi connectivity index (χ3n) is 23.5. The normalized spacial score (nSPS) is 14.7. The van der Waals surface area contributed by atoms with E-state index in [1.165, 1.54) is 84.0 Å². The number of aldehydes is 1. The molecule has 1 unspecified atom stereocenters. The highest BCUT2D eigenvalue weighted by Crippen LogP contribution is 2.51. The van der Waals surface area contributed by atoms with Crippen LogP contribution in [0, 0.1) is 87.7 Å². The van der Waals surface area contributed by atoms with Gasteiger partial charge < -0.3 is 43.1 Å².